The maximum absolute atomic E-state index is 12.5. The van der Waals surface area contributed by atoms with Gasteiger partial charge < -0.3 is 9.30 Å². The Hall–Kier alpha value is -1.77. The van der Waals surface area contributed by atoms with E-state index < -0.39 is 0 Å². The first-order valence-corrected chi connectivity index (χ1v) is 8.42. The molecular formula is C19H25NO2. The molecule has 0 unspecified atom stereocenters. The maximum atomic E-state index is 12.5. The Morgan fingerprint density at radius 2 is 1.95 bits per heavy atom. The van der Waals surface area contributed by atoms with Crippen molar-refractivity contribution < 1.29 is 9.53 Å². The van der Waals surface area contributed by atoms with Gasteiger partial charge in [0, 0.05) is 22.6 Å². The van der Waals surface area contributed by atoms with E-state index in [0.29, 0.717) is 12.6 Å². The average molecular weight is 299 g/mol. The van der Waals surface area contributed by atoms with E-state index in [0.717, 1.165) is 22.2 Å². The number of carbonyl (C=O) groups excluding carboxylic acids is 1. The number of rotatable bonds is 3. The number of hydrogen-bond donors (Lipinski definition) is 0. The summed E-state index contributed by atoms with van der Waals surface area (Å²) < 4.78 is 7.72. The molecule has 1 aliphatic rings. The van der Waals surface area contributed by atoms with E-state index in [1.54, 1.807) is 0 Å². The normalized spacial score (nSPS) is 16.1. The van der Waals surface area contributed by atoms with Crippen LogP contribution in [0, 0.1) is 13.8 Å². The number of ether oxygens (including phenoxy) is 1. The molecule has 0 radical (unpaired) electrons. The molecule has 1 fully saturated rings. The van der Waals surface area contributed by atoms with Crippen LogP contribution in [0.5, 0.6) is 0 Å². The second-order valence-corrected chi connectivity index (χ2v) is 6.31. The minimum absolute atomic E-state index is 0.186. The number of aryl methyl sites for hydroxylation is 1. The van der Waals surface area contributed by atoms with Crippen molar-refractivity contribution in [3.8, 4) is 0 Å². The molecule has 0 spiro atoms. The molecule has 2 aromatic rings. The monoisotopic (exact) mass is 299 g/mol. The van der Waals surface area contributed by atoms with Crippen LogP contribution in [0.1, 0.15) is 66.7 Å². The number of hydrogen-bond acceptors (Lipinski definition) is 2. The number of carbonyl (C=O) groups is 1. The second kappa shape index (κ2) is 6.15. The van der Waals surface area contributed by atoms with Gasteiger partial charge in [-0.3, -0.25) is 0 Å². The summed E-state index contributed by atoms with van der Waals surface area (Å²) in [6.45, 7) is 6.43. The maximum Gasteiger partial charge on any atom is 0.340 e. The van der Waals surface area contributed by atoms with E-state index in [2.05, 4.69) is 36.6 Å². The van der Waals surface area contributed by atoms with E-state index in [1.807, 2.05) is 6.92 Å². The van der Waals surface area contributed by atoms with Crippen molar-refractivity contribution >= 4 is 16.9 Å². The van der Waals surface area contributed by atoms with Crippen molar-refractivity contribution in [3.05, 3.63) is 35.0 Å². The van der Waals surface area contributed by atoms with Gasteiger partial charge in [-0.2, -0.15) is 0 Å². The Balaban J connectivity index is 2.22. The van der Waals surface area contributed by atoms with Crippen LogP contribution in [0.3, 0.4) is 0 Å². The van der Waals surface area contributed by atoms with E-state index >= 15 is 0 Å². The summed E-state index contributed by atoms with van der Waals surface area (Å²) in [5, 5.41) is 1.07. The lowest BCUT2D eigenvalue weighted by atomic mass is 9.95. The fourth-order valence-corrected chi connectivity index (χ4v) is 3.92. The standard InChI is InChI=1S/C19H25NO2/c1-4-22-19(21)18-14(3)20(15-10-6-5-7-11-15)16-12-8-9-13(2)17(16)18/h8-9,12,15H,4-7,10-11H2,1-3H3. The van der Waals surface area contributed by atoms with Crippen LogP contribution in [0.4, 0.5) is 0 Å². The smallest absolute Gasteiger partial charge is 0.340 e. The molecule has 0 atom stereocenters. The number of esters is 1. The van der Waals surface area contributed by atoms with Gasteiger partial charge in [0.15, 0.2) is 0 Å². The highest BCUT2D eigenvalue weighted by atomic mass is 16.5. The van der Waals surface area contributed by atoms with Crippen LogP contribution in [0.15, 0.2) is 18.2 Å². The van der Waals surface area contributed by atoms with Crippen molar-refractivity contribution in [2.45, 2.75) is 58.9 Å². The van der Waals surface area contributed by atoms with Gasteiger partial charge in [-0.25, -0.2) is 4.79 Å². The molecule has 1 heterocycles. The molecule has 3 heteroatoms. The summed E-state index contributed by atoms with van der Waals surface area (Å²) in [6.07, 6.45) is 6.31. The third kappa shape index (κ3) is 2.43. The molecule has 1 saturated carbocycles. The van der Waals surface area contributed by atoms with Crippen LogP contribution in [0.25, 0.3) is 10.9 Å². The van der Waals surface area contributed by atoms with Crippen LogP contribution in [-0.4, -0.2) is 17.1 Å². The highest BCUT2D eigenvalue weighted by Crippen LogP contribution is 2.37. The Kier molecular flexibility index (Phi) is 4.23. The first-order valence-electron chi connectivity index (χ1n) is 8.42. The summed E-state index contributed by atoms with van der Waals surface area (Å²) in [7, 11) is 0. The minimum atomic E-state index is -0.186. The summed E-state index contributed by atoms with van der Waals surface area (Å²) in [4.78, 5) is 12.5. The SMILES string of the molecule is CCOC(=O)c1c(C)n(C2CCCCC2)c2cccc(C)c12. The molecule has 3 nitrogen and oxygen atoms in total. The summed E-state index contributed by atoms with van der Waals surface area (Å²) in [5.74, 6) is -0.186. The Bertz CT molecular complexity index is 693. The van der Waals surface area contributed by atoms with E-state index in [4.69, 9.17) is 4.74 Å². The predicted octanol–water partition coefficient (Wildman–Crippen LogP) is 4.94. The predicted molar refractivity (Wildman–Crippen MR) is 89.5 cm³/mol. The molecule has 1 aromatic carbocycles. The zero-order valence-corrected chi connectivity index (χ0v) is 13.8. The Morgan fingerprint density at radius 3 is 2.64 bits per heavy atom. The van der Waals surface area contributed by atoms with Gasteiger partial charge in [0.1, 0.15) is 0 Å². The second-order valence-electron chi connectivity index (χ2n) is 6.31. The van der Waals surface area contributed by atoms with Gasteiger partial charge in [0.25, 0.3) is 0 Å². The average Bonchev–Trinajstić information content (AvgIpc) is 2.82. The van der Waals surface area contributed by atoms with Gasteiger partial charge >= 0.3 is 5.97 Å². The summed E-state index contributed by atoms with van der Waals surface area (Å²) in [6, 6.07) is 6.83. The van der Waals surface area contributed by atoms with Gasteiger partial charge in [0.2, 0.25) is 0 Å². The Morgan fingerprint density at radius 1 is 1.23 bits per heavy atom. The van der Waals surface area contributed by atoms with E-state index in [1.165, 1.54) is 37.6 Å². The van der Waals surface area contributed by atoms with Gasteiger partial charge in [-0.15, -0.1) is 0 Å². The highest BCUT2D eigenvalue weighted by molar-refractivity contribution is 6.07. The zero-order chi connectivity index (χ0) is 15.7. The largest absolute Gasteiger partial charge is 0.462 e. The fraction of sp³-hybridized carbons (Fsp3) is 0.526. The first kappa shape index (κ1) is 15.1. The highest BCUT2D eigenvalue weighted by Gasteiger charge is 2.26. The number of aromatic nitrogens is 1. The van der Waals surface area contributed by atoms with Crippen LogP contribution in [-0.2, 0) is 4.74 Å². The third-order valence-corrected chi connectivity index (χ3v) is 4.90. The van der Waals surface area contributed by atoms with Crippen LogP contribution >= 0.6 is 0 Å². The van der Waals surface area contributed by atoms with Gasteiger partial charge in [0.05, 0.1) is 12.2 Å². The lowest BCUT2D eigenvalue weighted by molar-refractivity contribution is 0.0527. The molecule has 22 heavy (non-hydrogen) atoms. The first-order chi connectivity index (χ1) is 10.6. The van der Waals surface area contributed by atoms with Crippen molar-refractivity contribution in [1.29, 1.82) is 0 Å². The lowest BCUT2D eigenvalue weighted by Crippen LogP contribution is -2.15. The minimum Gasteiger partial charge on any atom is -0.462 e. The molecule has 0 N–H and O–H groups in total. The topological polar surface area (TPSA) is 31.2 Å². The van der Waals surface area contributed by atoms with E-state index in [-0.39, 0.29) is 5.97 Å². The Labute approximate surface area is 132 Å². The van der Waals surface area contributed by atoms with E-state index in [9.17, 15) is 4.79 Å². The molecule has 0 bridgehead atoms. The lowest BCUT2D eigenvalue weighted by Gasteiger charge is -2.26. The quantitative estimate of drug-likeness (QED) is 0.752. The zero-order valence-electron chi connectivity index (χ0n) is 13.8. The number of fused-ring (bicyclic) bond motifs is 1. The molecule has 0 saturated heterocycles. The van der Waals surface area contributed by atoms with Crippen molar-refractivity contribution in [1.82, 2.24) is 4.57 Å². The van der Waals surface area contributed by atoms with Crippen molar-refractivity contribution in [2.24, 2.45) is 0 Å². The third-order valence-electron chi connectivity index (χ3n) is 4.90. The molecule has 0 aliphatic heterocycles. The van der Waals surface area contributed by atoms with Gasteiger partial charge in [-0.1, -0.05) is 31.4 Å². The van der Waals surface area contributed by atoms with Crippen molar-refractivity contribution in [3.63, 3.8) is 0 Å². The fourth-order valence-electron chi connectivity index (χ4n) is 3.92. The number of benzene rings is 1. The van der Waals surface area contributed by atoms with Gasteiger partial charge in [-0.05, 0) is 45.2 Å². The molecular weight excluding hydrogens is 274 g/mol. The molecule has 118 valence electrons. The molecule has 1 aromatic heterocycles. The van der Waals surface area contributed by atoms with Crippen molar-refractivity contribution in [2.75, 3.05) is 6.61 Å². The van der Waals surface area contributed by atoms with Crippen LogP contribution in [0.2, 0.25) is 0 Å². The molecule has 3 rings (SSSR count). The molecule has 0 amide bonds. The summed E-state index contributed by atoms with van der Waals surface area (Å²) >= 11 is 0. The van der Waals surface area contributed by atoms with Crippen LogP contribution < -0.4 is 0 Å². The number of nitrogens with zero attached hydrogens (tertiary/aromatic N) is 1. The molecule has 1 aliphatic carbocycles. The summed E-state index contributed by atoms with van der Waals surface area (Å²) in [5.41, 5.74) is 4.17.